The maximum Gasteiger partial charge on any atom is 0.322 e. The van der Waals surface area contributed by atoms with Gasteiger partial charge in [0.25, 0.3) is 0 Å². The molecule has 0 spiro atoms. The van der Waals surface area contributed by atoms with Crippen molar-refractivity contribution in [2.24, 2.45) is 5.41 Å². The van der Waals surface area contributed by atoms with Gasteiger partial charge in [0.1, 0.15) is 0 Å². The highest BCUT2D eigenvalue weighted by atomic mass is 16.4. The molecule has 0 saturated heterocycles. The number of carbonyl (C=O) groups excluding carboxylic acids is 1. The summed E-state index contributed by atoms with van der Waals surface area (Å²) in [6, 6.07) is 0.218. The molecule has 0 unspecified atom stereocenters. The summed E-state index contributed by atoms with van der Waals surface area (Å²) in [7, 11) is 0. The van der Waals surface area contributed by atoms with Crippen molar-refractivity contribution in [1.29, 1.82) is 0 Å². The molecule has 100 valence electrons. The van der Waals surface area contributed by atoms with Crippen molar-refractivity contribution in [3.8, 4) is 0 Å². The van der Waals surface area contributed by atoms with Crippen LogP contribution >= 0.6 is 0 Å². The van der Waals surface area contributed by atoms with Crippen LogP contribution in [0.1, 0.15) is 64.7 Å². The Kier molecular flexibility index (Phi) is 3.68. The molecule has 0 bridgehead atoms. The maximum atomic E-state index is 11.8. The van der Waals surface area contributed by atoms with Gasteiger partial charge in [-0.25, -0.2) is 0 Å². The predicted octanol–water partition coefficient (Wildman–Crippen LogP) is 3.10. The molecule has 0 radical (unpaired) electrons. The van der Waals surface area contributed by atoms with Crippen LogP contribution in [-0.4, -0.2) is 16.1 Å². The molecule has 1 aliphatic rings. The van der Waals surface area contributed by atoms with Crippen LogP contribution in [0.2, 0.25) is 0 Å². The molecule has 0 aliphatic heterocycles. The average molecular weight is 251 g/mol. The molecule has 1 heterocycles. The molecule has 1 N–H and O–H groups in total. The summed E-state index contributed by atoms with van der Waals surface area (Å²) in [6.07, 6.45) is 5.94. The van der Waals surface area contributed by atoms with Crippen molar-refractivity contribution in [3.63, 3.8) is 0 Å². The number of hydrogen-bond acceptors (Lipinski definition) is 4. The van der Waals surface area contributed by atoms with Crippen LogP contribution in [-0.2, 0) is 4.79 Å². The molecular formula is C13H21N3O2. The molecule has 0 atom stereocenters. The first kappa shape index (κ1) is 13.1. The average Bonchev–Trinajstić information content (AvgIpc) is 2.77. The highest BCUT2D eigenvalue weighted by molar-refractivity contribution is 5.92. The van der Waals surface area contributed by atoms with E-state index in [0.29, 0.717) is 11.8 Å². The largest absolute Gasteiger partial charge is 0.408 e. The van der Waals surface area contributed by atoms with Gasteiger partial charge in [0.15, 0.2) is 0 Å². The van der Waals surface area contributed by atoms with Gasteiger partial charge in [0.05, 0.1) is 0 Å². The summed E-state index contributed by atoms with van der Waals surface area (Å²) in [6.45, 7) is 5.54. The van der Waals surface area contributed by atoms with Crippen LogP contribution in [0, 0.1) is 5.41 Å². The van der Waals surface area contributed by atoms with E-state index in [1.165, 1.54) is 19.3 Å². The van der Waals surface area contributed by atoms with E-state index in [1.54, 1.807) is 0 Å². The second kappa shape index (κ2) is 5.08. The number of rotatable bonds is 2. The zero-order valence-corrected chi connectivity index (χ0v) is 11.3. The summed E-state index contributed by atoms with van der Waals surface area (Å²) < 4.78 is 5.53. The van der Waals surface area contributed by atoms with Crippen LogP contribution in [0.3, 0.4) is 0 Å². The Morgan fingerprint density at radius 1 is 1.22 bits per heavy atom. The first-order valence-electron chi connectivity index (χ1n) is 6.61. The van der Waals surface area contributed by atoms with Gasteiger partial charge >= 0.3 is 6.01 Å². The summed E-state index contributed by atoms with van der Waals surface area (Å²) >= 11 is 0. The number of carbonyl (C=O) groups is 1. The van der Waals surface area contributed by atoms with Crippen molar-refractivity contribution in [1.82, 2.24) is 10.2 Å². The number of anilines is 1. The van der Waals surface area contributed by atoms with Gasteiger partial charge in [-0.3, -0.25) is 10.1 Å². The first-order valence-corrected chi connectivity index (χ1v) is 6.61. The molecule has 1 aliphatic carbocycles. The van der Waals surface area contributed by atoms with Gasteiger partial charge in [-0.1, -0.05) is 45.1 Å². The molecule has 1 fully saturated rings. The van der Waals surface area contributed by atoms with Crippen LogP contribution in [0.5, 0.6) is 0 Å². The third-order valence-corrected chi connectivity index (χ3v) is 3.30. The van der Waals surface area contributed by atoms with Gasteiger partial charge in [-0.05, 0) is 12.8 Å². The normalized spacial score (nSPS) is 17.7. The highest BCUT2D eigenvalue weighted by Gasteiger charge is 2.25. The lowest BCUT2D eigenvalue weighted by Crippen LogP contribution is -2.27. The fourth-order valence-electron chi connectivity index (χ4n) is 2.08. The second-order valence-electron chi connectivity index (χ2n) is 5.98. The molecule has 1 aromatic rings. The predicted molar refractivity (Wildman–Crippen MR) is 68.2 cm³/mol. The lowest BCUT2D eigenvalue weighted by atomic mass is 9.89. The van der Waals surface area contributed by atoms with E-state index in [1.807, 2.05) is 20.8 Å². The van der Waals surface area contributed by atoms with Crippen molar-refractivity contribution < 1.29 is 9.21 Å². The van der Waals surface area contributed by atoms with E-state index < -0.39 is 5.41 Å². The Balaban J connectivity index is 1.99. The van der Waals surface area contributed by atoms with Crippen LogP contribution in [0.15, 0.2) is 4.42 Å². The lowest BCUT2D eigenvalue weighted by Gasteiger charge is -2.17. The van der Waals surface area contributed by atoms with Gasteiger partial charge < -0.3 is 4.42 Å². The fraction of sp³-hybridized carbons (Fsp3) is 0.769. The highest BCUT2D eigenvalue weighted by Crippen LogP contribution is 2.32. The number of hydrogen-bond donors (Lipinski definition) is 1. The second-order valence-corrected chi connectivity index (χ2v) is 5.98. The van der Waals surface area contributed by atoms with Crippen LogP contribution in [0.4, 0.5) is 6.01 Å². The Morgan fingerprint density at radius 2 is 1.89 bits per heavy atom. The number of nitrogens with zero attached hydrogens (tertiary/aromatic N) is 2. The van der Waals surface area contributed by atoms with Crippen molar-refractivity contribution in [2.75, 3.05) is 5.32 Å². The van der Waals surface area contributed by atoms with E-state index >= 15 is 0 Å². The standard InChI is InChI=1S/C13H21N3O2/c1-13(2,3)11(17)14-12-16-15-10(18-12)9-7-5-4-6-8-9/h9H,4-8H2,1-3H3,(H,14,16,17). The minimum atomic E-state index is -0.459. The molecule has 2 rings (SSSR count). The Bertz CT molecular complexity index is 414. The Labute approximate surface area is 107 Å². The SMILES string of the molecule is CC(C)(C)C(=O)Nc1nnc(C2CCCCC2)o1. The zero-order chi connectivity index (χ0) is 13.2. The number of nitrogens with one attached hydrogen (secondary N) is 1. The quantitative estimate of drug-likeness (QED) is 0.877. The number of amides is 1. The monoisotopic (exact) mass is 251 g/mol. The topological polar surface area (TPSA) is 68.0 Å². The summed E-state index contributed by atoms with van der Waals surface area (Å²) in [5.74, 6) is 0.923. The van der Waals surface area contributed by atoms with Gasteiger partial charge in [0, 0.05) is 11.3 Å². The molecule has 5 heteroatoms. The summed E-state index contributed by atoms with van der Waals surface area (Å²) in [5.41, 5.74) is -0.459. The minimum absolute atomic E-state index is 0.110. The molecule has 0 aromatic carbocycles. The molecule has 5 nitrogen and oxygen atoms in total. The van der Waals surface area contributed by atoms with Crippen LogP contribution < -0.4 is 5.32 Å². The fourth-order valence-corrected chi connectivity index (χ4v) is 2.08. The smallest absolute Gasteiger partial charge is 0.322 e. The molecule has 1 amide bonds. The third kappa shape index (κ3) is 3.09. The third-order valence-electron chi connectivity index (χ3n) is 3.30. The summed E-state index contributed by atoms with van der Waals surface area (Å²) in [4.78, 5) is 11.8. The lowest BCUT2D eigenvalue weighted by molar-refractivity contribution is -0.123. The van der Waals surface area contributed by atoms with Crippen molar-refractivity contribution >= 4 is 11.9 Å². The van der Waals surface area contributed by atoms with E-state index in [0.717, 1.165) is 12.8 Å². The minimum Gasteiger partial charge on any atom is -0.408 e. The summed E-state index contributed by atoms with van der Waals surface area (Å²) in [5, 5.41) is 10.6. The van der Waals surface area contributed by atoms with Crippen LogP contribution in [0.25, 0.3) is 0 Å². The van der Waals surface area contributed by atoms with Gasteiger partial charge in [-0.2, -0.15) is 0 Å². The van der Waals surface area contributed by atoms with Gasteiger partial charge in [0.2, 0.25) is 11.8 Å². The molecular weight excluding hydrogens is 230 g/mol. The molecule has 1 saturated carbocycles. The van der Waals surface area contributed by atoms with E-state index in [4.69, 9.17) is 4.42 Å². The zero-order valence-electron chi connectivity index (χ0n) is 11.3. The van der Waals surface area contributed by atoms with Crippen molar-refractivity contribution in [3.05, 3.63) is 5.89 Å². The maximum absolute atomic E-state index is 11.8. The Hall–Kier alpha value is -1.39. The molecule has 1 aromatic heterocycles. The van der Waals surface area contributed by atoms with E-state index in [2.05, 4.69) is 15.5 Å². The molecule has 18 heavy (non-hydrogen) atoms. The van der Waals surface area contributed by atoms with E-state index in [9.17, 15) is 4.79 Å². The first-order chi connectivity index (χ1) is 8.47. The van der Waals surface area contributed by atoms with Gasteiger partial charge in [-0.15, -0.1) is 5.10 Å². The Morgan fingerprint density at radius 3 is 2.50 bits per heavy atom. The van der Waals surface area contributed by atoms with E-state index in [-0.39, 0.29) is 11.9 Å². The number of aromatic nitrogens is 2. The van der Waals surface area contributed by atoms with Crippen molar-refractivity contribution in [2.45, 2.75) is 58.8 Å².